The Balaban J connectivity index is 2.77. The molecular formula is C14H13BrO. The zero-order valence-corrected chi connectivity index (χ0v) is 10.9. The Bertz CT molecular complexity index is 442. The third kappa shape index (κ3) is 1.85. The van der Waals surface area contributed by atoms with Gasteiger partial charge in [0.2, 0.25) is 0 Å². The first-order chi connectivity index (χ1) is 7.61. The summed E-state index contributed by atoms with van der Waals surface area (Å²) in [6.07, 6.45) is 0. The number of halogens is 1. The first kappa shape index (κ1) is 11.2. The lowest BCUT2D eigenvalue weighted by molar-refractivity contribution is 0.477. The lowest BCUT2D eigenvalue weighted by Gasteiger charge is -2.13. The van der Waals surface area contributed by atoms with E-state index in [9.17, 15) is 5.11 Å². The Morgan fingerprint density at radius 1 is 0.875 bits per heavy atom. The summed E-state index contributed by atoms with van der Waals surface area (Å²) in [5, 5.41) is 9.97. The van der Waals surface area contributed by atoms with E-state index in [0.717, 1.165) is 26.7 Å². The molecule has 16 heavy (non-hydrogen) atoms. The summed E-state index contributed by atoms with van der Waals surface area (Å²) in [6, 6.07) is 11.6. The topological polar surface area (TPSA) is 20.2 Å². The number of phenolic OH excluding ortho intramolecular Hbond substituents is 1. The maximum atomic E-state index is 9.97. The number of aryl methyl sites for hydroxylation is 2. The lowest BCUT2D eigenvalue weighted by atomic mass is 9.96. The zero-order valence-electron chi connectivity index (χ0n) is 9.29. The van der Waals surface area contributed by atoms with Crippen molar-refractivity contribution in [2.24, 2.45) is 0 Å². The van der Waals surface area contributed by atoms with Gasteiger partial charge < -0.3 is 5.11 Å². The summed E-state index contributed by atoms with van der Waals surface area (Å²) in [5.74, 6) is 0.329. The van der Waals surface area contributed by atoms with E-state index in [2.05, 4.69) is 15.9 Å². The van der Waals surface area contributed by atoms with Crippen LogP contribution in [0.3, 0.4) is 0 Å². The van der Waals surface area contributed by atoms with Gasteiger partial charge in [0.15, 0.2) is 0 Å². The molecular weight excluding hydrogens is 264 g/mol. The number of benzene rings is 2. The summed E-state index contributed by atoms with van der Waals surface area (Å²) >= 11 is 3.54. The minimum Gasteiger partial charge on any atom is -0.507 e. The van der Waals surface area contributed by atoms with E-state index in [-0.39, 0.29) is 0 Å². The molecule has 0 heterocycles. The predicted octanol–water partition coefficient (Wildman–Crippen LogP) is 4.44. The molecule has 0 fully saturated rings. The summed E-state index contributed by atoms with van der Waals surface area (Å²) in [5.41, 5.74) is 4.21. The van der Waals surface area contributed by atoms with Crippen molar-refractivity contribution < 1.29 is 5.11 Å². The van der Waals surface area contributed by atoms with Gasteiger partial charge in [0.1, 0.15) is 5.75 Å². The second kappa shape index (κ2) is 4.30. The fourth-order valence-electron chi connectivity index (χ4n) is 1.93. The van der Waals surface area contributed by atoms with Crippen molar-refractivity contribution in [1.29, 1.82) is 0 Å². The van der Waals surface area contributed by atoms with Crippen molar-refractivity contribution >= 4 is 15.9 Å². The Morgan fingerprint density at radius 2 is 1.44 bits per heavy atom. The molecule has 2 rings (SSSR count). The maximum absolute atomic E-state index is 9.97. The summed E-state index contributed by atoms with van der Waals surface area (Å²) in [7, 11) is 0. The van der Waals surface area contributed by atoms with Gasteiger partial charge in [-0.25, -0.2) is 0 Å². The van der Waals surface area contributed by atoms with Gasteiger partial charge >= 0.3 is 0 Å². The molecule has 2 heteroatoms. The minimum absolute atomic E-state index is 0.329. The molecule has 0 unspecified atom stereocenters. The first-order valence-corrected chi connectivity index (χ1v) is 5.94. The fourth-order valence-corrected chi connectivity index (χ4v) is 2.59. The normalized spacial score (nSPS) is 10.4. The summed E-state index contributed by atoms with van der Waals surface area (Å²) in [6.45, 7) is 4.06. The van der Waals surface area contributed by atoms with Crippen LogP contribution in [0.5, 0.6) is 5.75 Å². The molecule has 1 nitrogen and oxygen atoms in total. The van der Waals surface area contributed by atoms with Crippen LogP contribution < -0.4 is 0 Å². The van der Waals surface area contributed by atoms with Crippen LogP contribution >= 0.6 is 15.9 Å². The molecule has 82 valence electrons. The first-order valence-electron chi connectivity index (χ1n) is 5.15. The van der Waals surface area contributed by atoms with Gasteiger partial charge in [-0.05, 0) is 37.1 Å². The molecule has 0 aromatic heterocycles. The van der Waals surface area contributed by atoms with Gasteiger partial charge in [0.05, 0.1) is 0 Å². The Labute approximate surface area is 104 Å². The monoisotopic (exact) mass is 276 g/mol. The van der Waals surface area contributed by atoms with Gasteiger partial charge in [-0.3, -0.25) is 0 Å². The van der Waals surface area contributed by atoms with E-state index >= 15 is 0 Å². The quantitative estimate of drug-likeness (QED) is 0.817. The average molecular weight is 277 g/mol. The molecule has 0 aliphatic heterocycles. The third-order valence-electron chi connectivity index (χ3n) is 2.72. The predicted molar refractivity (Wildman–Crippen MR) is 70.7 cm³/mol. The van der Waals surface area contributed by atoms with Crippen molar-refractivity contribution in [3.63, 3.8) is 0 Å². The van der Waals surface area contributed by atoms with Crippen molar-refractivity contribution in [3.05, 3.63) is 52.0 Å². The van der Waals surface area contributed by atoms with Gasteiger partial charge in [-0.1, -0.05) is 40.2 Å². The number of phenols is 1. The van der Waals surface area contributed by atoms with E-state index in [1.54, 1.807) is 6.07 Å². The van der Waals surface area contributed by atoms with Crippen molar-refractivity contribution in [2.75, 3.05) is 0 Å². The highest BCUT2D eigenvalue weighted by atomic mass is 79.9. The maximum Gasteiger partial charge on any atom is 0.123 e. The van der Waals surface area contributed by atoms with E-state index in [0.29, 0.717) is 5.75 Å². The zero-order chi connectivity index (χ0) is 11.7. The Hall–Kier alpha value is -1.28. The molecule has 0 bridgehead atoms. The third-order valence-corrected chi connectivity index (χ3v) is 3.38. The highest BCUT2D eigenvalue weighted by molar-refractivity contribution is 9.10. The lowest BCUT2D eigenvalue weighted by Crippen LogP contribution is -1.89. The molecule has 0 spiro atoms. The van der Waals surface area contributed by atoms with Crippen molar-refractivity contribution in [1.82, 2.24) is 0 Å². The second-order valence-corrected chi connectivity index (χ2v) is 4.76. The van der Waals surface area contributed by atoms with Crippen LogP contribution in [0.1, 0.15) is 11.1 Å². The number of hydrogen-bond donors (Lipinski definition) is 1. The van der Waals surface area contributed by atoms with Crippen LogP contribution in [-0.2, 0) is 0 Å². The highest BCUT2D eigenvalue weighted by Gasteiger charge is 2.12. The molecule has 0 amide bonds. The van der Waals surface area contributed by atoms with Crippen molar-refractivity contribution in [3.8, 4) is 16.9 Å². The van der Waals surface area contributed by atoms with Crippen LogP contribution in [-0.4, -0.2) is 5.11 Å². The van der Waals surface area contributed by atoms with Gasteiger partial charge in [0, 0.05) is 15.6 Å². The van der Waals surface area contributed by atoms with E-state index < -0.39 is 0 Å². The molecule has 2 aromatic rings. The molecule has 0 saturated carbocycles. The SMILES string of the molecule is Cc1cccc(O)c1-c1c(C)cccc1Br. The van der Waals surface area contributed by atoms with Gasteiger partial charge in [-0.2, -0.15) is 0 Å². The fraction of sp³-hybridized carbons (Fsp3) is 0.143. The summed E-state index contributed by atoms with van der Waals surface area (Å²) in [4.78, 5) is 0. The molecule has 0 radical (unpaired) electrons. The second-order valence-electron chi connectivity index (χ2n) is 3.90. The highest BCUT2D eigenvalue weighted by Crippen LogP contribution is 2.38. The largest absolute Gasteiger partial charge is 0.507 e. The molecule has 0 atom stereocenters. The smallest absolute Gasteiger partial charge is 0.123 e. The Morgan fingerprint density at radius 3 is 2.00 bits per heavy atom. The van der Waals surface area contributed by atoms with E-state index in [1.165, 1.54) is 0 Å². The number of rotatable bonds is 1. The average Bonchev–Trinajstić information content (AvgIpc) is 2.21. The molecule has 0 saturated heterocycles. The number of aromatic hydroxyl groups is 1. The van der Waals surface area contributed by atoms with Gasteiger partial charge in [0.25, 0.3) is 0 Å². The standard InChI is InChI=1S/C14H13BrO/c1-9-5-3-7-11(15)13(9)14-10(2)6-4-8-12(14)16/h3-8,16H,1-2H3. The van der Waals surface area contributed by atoms with E-state index in [4.69, 9.17) is 0 Å². The van der Waals surface area contributed by atoms with E-state index in [1.807, 2.05) is 44.2 Å². The molecule has 0 aliphatic rings. The molecule has 1 N–H and O–H groups in total. The van der Waals surface area contributed by atoms with Crippen LogP contribution in [0.2, 0.25) is 0 Å². The van der Waals surface area contributed by atoms with Gasteiger partial charge in [-0.15, -0.1) is 0 Å². The summed E-state index contributed by atoms with van der Waals surface area (Å²) < 4.78 is 1.01. The van der Waals surface area contributed by atoms with Crippen LogP contribution in [0.15, 0.2) is 40.9 Å². The van der Waals surface area contributed by atoms with Crippen LogP contribution in [0.4, 0.5) is 0 Å². The molecule has 0 aliphatic carbocycles. The Kier molecular flexibility index (Phi) is 3.01. The molecule has 2 aromatic carbocycles. The van der Waals surface area contributed by atoms with Crippen molar-refractivity contribution in [2.45, 2.75) is 13.8 Å². The van der Waals surface area contributed by atoms with Crippen LogP contribution in [0.25, 0.3) is 11.1 Å². The number of hydrogen-bond acceptors (Lipinski definition) is 1. The minimum atomic E-state index is 0.329. The van der Waals surface area contributed by atoms with Crippen LogP contribution in [0, 0.1) is 13.8 Å².